The van der Waals surface area contributed by atoms with Crippen molar-refractivity contribution in [3.8, 4) is 23.0 Å². The highest BCUT2D eigenvalue weighted by molar-refractivity contribution is 6.31. The van der Waals surface area contributed by atoms with Gasteiger partial charge >= 0.3 is 0 Å². The first-order valence-corrected chi connectivity index (χ1v) is 9.14. The molecular formula is C20H20ClN3O4. The Bertz CT molecular complexity index is 956. The highest BCUT2D eigenvalue weighted by Gasteiger charge is 2.18. The lowest BCUT2D eigenvalue weighted by Gasteiger charge is -2.14. The Labute approximate surface area is 167 Å². The van der Waals surface area contributed by atoms with Gasteiger partial charge in [0.05, 0.1) is 6.61 Å². The van der Waals surface area contributed by atoms with Crippen molar-refractivity contribution in [2.24, 2.45) is 0 Å². The van der Waals surface area contributed by atoms with Crippen molar-refractivity contribution in [3.05, 3.63) is 53.1 Å². The molecule has 0 aliphatic carbocycles. The van der Waals surface area contributed by atoms with Crippen LogP contribution in [-0.2, 0) is 4.79 Å². The smallest absolute Gasteiger partial charge is 0.270 e. The van der Waals surface area contributed by atoms with Crippen LogP contribution in [0.3, 0.4) is 0 Å². The van der Waals surface area contributed by atoms with Crippen molar-refractivity contribution < 1.29 is 18.8 Å². The van der Waals surface area contributed by atoms with E-state index in [1.54, 1.807) is 37.3 Å². The molecule has 0 aliphatic heterocycles. The van der Waals surface area contributed by atoms with Crippen molar-refractivity contribution in [3.63, 3.8) is 0 Å². The predicted molar refractivity (Wildman–Crippen MR) is 106 cm³/mol. The number of aryl methyl sites for hydroxylation is 1. The number of ether oxygens (including phenoxy) is 2. The van der Waals surface area contributed by atoms with Crippen molar-refractivity contribution in [2.75, 3.05) is 11.9 Å². The van der Waals surface area contributed by atoms with Crippen LogP contribution in [0.15, 0.2) is 47.0 Å². The fourth-order valence-corrected chi connectivity index (χ4v) is 2.53. The highest BCUT2D eigenvalue weighted by atomic mass is 35.5. The van der Waals surface area contributed by atoms with Crippen LogP contribution in [-0.4, -0.2) is 28.8 Å². The molecule has 1 amide bonds. The van der Waals surface area contributed by atoms with E-state index >= 15 is 0 Å². The molecule has 0 bridgehead atoms. The Morgan fingerprint density at radius 3 is 2.61 bits per heavy atom. The van der Waals surface area contributed by atoms with E-state index in [9.17, 15) is 4.79 Å². The first kappa shape index (κ1) is 19.7. The van der Waals surface area contributed by atoms with Crippen LogP contribution in [0.25, 0.3) is 11.5 Å². The van der Waals surface area contributed by atoms with Crippen LogP contribution in [0.5, 0.6) is 11.5 Å². The molecule has 1 atom stereocenters. The number of rotatable bonds is 7. The molecule has 3 rings (SSSR count). The molecule has 0 saturated carbocycles. The van der Waals surface area contributed by atoms with Gasteiger partial charge in [0.15, 0.2) is 6.10 Å². The molecular weight excluding hydrogens is 382 g/mol. The summed E-state index contributed by atoms with van der Waals surface area (Å²) in [7, 11) is 0. The molecule has 28 heavy (non-hydrogen) atoms. The number of nitrogens with zero attached hydrogens (tertiary/aromatic N) is 2. The third-order valence-electron chi connectivity index (χ3n) is 3.88. The van der Waals surface area contributed by atoms with Crippen molar-refractivity contribution in [2.45, 2.75) is 26.9 Å². The maximum Gasteiger partial charge on any atom is 0.270 e. The number of benzene rings is 2. The summed E-state index contributed by atoms with van der Waals surface area (Å²) in [6, 6.07) is 12.4. The van der Waals surface area contributed by atoms with Gasteiger partial charge in [0.2, 0.25) is 0 Å². The molecule has 2 aromatic carbocycles. The molecule has 0 spiro atoms. The van der Waals surface area contributed by atoms with Gasteiger partial charge in [0.25, 0.3) is 17.7 Å². The van der Waals surface area contributed by atoms with Gasteiger partial charge in [-0.25, -0.2) is 0 Å². The fraction of sp³-hybridized carbons (Fsp3) is 0.250. The highest BCUT2D eigenvalue weighted by Crippen LogP contribution is 2.23. The molecule has 0 fully saturated rings. The Kier molecular flexibility index (Phi) is 6.16. The Balaban J connectivity index is 1.61. The molecule has 8 heteroatoms. The topological polar surface area (TPSA) is 86.5 Å². The predicted octanol–water partition coefficient (Wildman–Crippen LogP) is 4.50. The maximum absolute atomic E-state index is 12.3. The second kappa shape index (κ2) is 8.75. The molecule has 0 radical (unpaired) electrons. The average Bonchev–Trinajstić information content (AvgIpc) is 3.14. The Hall–Kier alpha value is -3.06. The van der Waals surface area contributed by atoms with E-state index < -0.39 is 12.0 Å². The Morgan fingerprint density at radius 2 is 1.93 bits per heavy atom. The SMILES string of the molecule is CCOc1ccc(-c2nc(NC(=O)C(C)Oc3ccc(Cl)c(C)c3)no2)cc1. The quantitative estimate of drug-likeness (QED) is 0.627. The average molecular weight is 402 g/mol. The number of halogens is 1. The molecule has 1 unspecified atom stereocenters. The van der Waals surface area contributed by atoms with E-state index in [1.165, 1.54) is 0 Å². The van der Waals surface area contributed by atoms with Crippen LogP contribution in [0.2, 0.25) is 5.02 Å². The number of anilines is 1. The van der Waals surface area contributed by atoms with Gasteiger partial charge in [-0.1, -0.05) is 11.6 Å². The van der Waals surface area contributed by atoms with Crippen molar-refractivity contribution in [1.29, 1.82) is 0 Å². The summed E-state index contributed by atoms with van der Waals surface area (Å²) >= 11 is 6.00. The second-order valence-corrected chi connectivity index (χ2v) is 6.45. The number of nitrogens with one attached hydrogen (secondary N) is 1. The minimum atomic E-state index is -0.756. The van der Waals surface area contributed by atoms with E-state index in [2.05, 4.69) is 15.5 Å². The number of hydrogen-bond acceptors (Lipinski definition) is 6. The van der Waals surface area contributed by atoms with Crippen LogP contribution >= 0.6 is 11.6 Å². The fourth-order valence-electron chi connectivity index (χ4n) is 2.41. The largest absolute Gasteiger partial charge is 0.494 e. The molecule has 0 saturated heterocycles. The lowest BCUT2D eigenvalue weighted by Crippen LogP contribution is -2.30. The van der Waals surface area contributed by atoms with Crippen molar-refractivity contribution >= 4 is 23.5 Å². The zero-order valence-electron chi connectivity index (χ0n) is 15.7. The minimum absolute atomic E-state index is 0.0663. The summed E-state index contributed by atoms with van der Waals surface area (Å²) in [6.07, 6.45) is -0.756. The van der Waals surface area contributed by atoms with Gasteiger partial charge in [0, 0.05) is 10.6 Å². The van der Waals surface area contributed by atoms with E-state index in [0.717, 1.165) is 16.9 Å². The minimum Gasteiger partial charge on any atom is -0.494 e. The van der Waals surface area contributed by atoms with Crippen LogP contribution < -0.4 is 14.8 Å². The number of carbonyl (C=O) groups excluding carboxylic acids is 1. The summed E-state index contributed by atoms with van der Waals surface area (Å²) in [4.78, 5) is 16.5. The molecule has 1 N–H and O–H groups in total. The van der Waals surface area contributed by atoms with Gasteiger partial charge in [-0.2, -0.15) is 4.98 Å². The molecule has 1 heterocycles. The second-order valence-electron chi connectivity index (χ2n) is 6.04. The lowest BCUT2D eigenvalue weighted by atomic mass is 10.2. The zero-order valence-corrected chi connectivity index (χ0v) is 16.5. The molecule has 146 valence electrons. The van der Waals surface area contributed by atoms with Gasteiger partial charge in [-0.3, -0.25) is 10.1 Å². The van der Waals surface area contributed by atoms with E-state index in [4.69, 9.17) is 25.6 Å². The number of amides is 1. The van der Waals surface area contributed by atoms with E-state index in [0.29, 0.717) is 23.3 Å². The maximum atomic E-state index is 12.3. The lowest BCUT2D eigenvalue weighted by molar-refractivity contribution is -0.122. The van der Waals surface area contributed by atoms with Crippen LogP contribution in [0, 0.1) is 6.92 Å². The third kappa shape index (κ3) is 4.80. The van der Waals surface area contributed by atoms with Gasteiger partial charge < -0.3 is 14.0 Å². The van der Waals surface area contributed by atoms with E-state index in [-0.39, 0.29) is 5.95 Å². The van der Waals surface area contributed by atoms with Crippen LogP contribution in [0.1, 0.15) is 19.4 Å². The Morgan fingerprint density at radius 1 is 1.21 bits per heavy atom. The monoisotopic (exact) mass is 401 g/mol. The summed E-state index contributed by atoms with van der Waals surface area (Å²) in [5.74, 6) is 1.26. The molecule has 0 aliphatic rings. The van der Waals surface area contributed by atoms with Crippen LogP contribution in [0.4, 0.5) is 5.95 Å². The summed E-state index contributed by atoms with van der Waals surface area (Å²) in [5.41, 5.74) is 1.59. The normalized spacial score (nSPS) is 11.7. The number of carbonyl (C=O) groups is 1. The first-order valence-electron chi connectivity index (χ1n) is 8.77. The zero-order chi connectivity index (χ0) is 20.1. The first-order chi connectivity index (χ1) is 13.5. The number of hydrogen-bond donors (Lipinski definition) is 1. The molecule has 7 nitrogen and oxygen atoms in total. The number of aromatic nitrogens is 2. The third-order valence-corrected chi connectivity index (χ3v) is 4.31. The summed E-state index contributed by atoms with van der Waals surface area (Å²) < 4.78 is 16.2. The van der Waals surface area contributed by atoms with Gasteiger partial charge in [-0.05, 0) is 74.0 Å². The van der Waals surface area contributed by atoms with E-state index in [1.807, 2.05) is 26.0 Å². The summed E-state index contributed by atoms with van der Waals surface area (Å²) in [6.45, 7) is 6.00. The molecule has 3 aromatic rings. The van der Waals surface area contributed by atoms with Gasteiger partial charge in [0.1, 0.15) is 11.5 Å². The van der Waals surface area contributed by atoms with Crippen molar-refractivity contribution in [1.82, 2.24) is 10.1 Å². The summed E-state index contributed by atoms with van der Waals surface area (Å²) in [5, 5.41) is 7.00. The molecule has 1 aromatic heterocycles. The van der Waals surface area contributed by atoms with Gasteiger partial charge in [-0.15, -0.1) is 0 Å². The standard InChI is InChI=1S/C20H20ClN3O4/c1-4-26-15-7-5-14(6-8-15)19-23-20(24-28-19)22-18(25)13(3)27-16-9-10-17(21)12(2)11-16/h5-11,13H,4H2,1-3H3,(H,22,24,25).